The van der Waals surface area contributed by atoms with Gasteiger partial charge in [-0.1, -0.05) is 43.7 Å². The molecule has 1 saturated heterocycles. The number of ether oxygens (including phenoxy) is 1. The van der Waals surface area contributed by atoms with Crippen molar-refractivity contribution in [3.05, 3.63) is 52.5 Å². The van der Waals surface area contributed by atoms with Crippen LogP contribution in [0.1, 0.15) is 54.4 Å². The number of aromatic nitrogens is 2. The van der Waals surface area contributed by atoms with Crippen molar-refractivity contribution in [3.8, 4) is 0 Å². The van der Waals surface area contributed by atoms with E-state index in [0.717, 1.165) is 43.3 Å². The third-order valence-electron chi connectivity index (χ3n) is 5.93. The van der Waals surface area contributed by atoms with Crippen molar-refractivity contribution in [1.82, 2.24) is 14.9 Å². The fraction of sp³-hybridized carbons (Fsp3) is 0.542. The minimum Gasteiger partial charge on any atom is -0.375 e. The van der Waals surface area contributed by atoms with E-state index in [1.54, 1.807) is 7.11 Å². The molecular weight excluding hydrogens is 376 g/mol. The van der Waals surface area contributed by atoms with Gasteiger partial charge >= 0.3 is 0 Å². The molecule has 1 amide bonds. The standard InChI is InChI=1S/C24H34N4O2/c1-6-18(3)23-25-19(4)21(15-20-9-7-8-17(2)14-20)24(26-23)28-12-10-27(11-13-28)22(29)16-30-5/h7-9,14,18H,6,10-13,15-16H2,1-5H3/t18-/m1/s1. The van der Waals surface area contributed by atoms with E-state index >= 15 is 0 Å². The summed E-state index contributed by atoms with van der Waals surface area (Å²) in [6.07, 6.45) is 1.82. The van der Waals surface area contributed by atoms with Gasteiger partial charge in [-0.15, -0.1) is 0 Å². The van der Waals surface area contributed by atoms with E-state index < -0.39 is 0 Å². The van der Waals surface area contributed by atoms with Crippen LogP contribution in [0.3, 0.4) is 0 Å². The van der Waals surface area contributed by atoms with Gasteiger partial charge in [-0.2, -0.15) is 0 Å². The number of hydrogen-bond acceptors (Lipinski definition) is 5. The second-order valence-corrected chi connectivity index (χ2v) is 8.25. The average molecular weight is 411 g/mol. The molecule has 1 fully saturated rings. The minimum atomic E-state index is 0.0521. The first kappa shape index (κ1) is 22.2. The van der Waals surface area contributed by atoms with Crippen molar-refractivity contribution >= 4 is 11.7 Å². The number of anilines is 1. The van der Waals surface area contributed by atoms with Gasteiger partial charge in [0.05, 0.1) is 0 Å². The Balaban J connectivity index is 1.90. The third kappa shape index (κ3) is 5.17. The molecule has 6 heteroatoms. The van der Waals surface area contributed by atoms with E-state index in [-0.39, 0.29) is 12.5 Å². The molecule has 30 heavy (non-hydrogen) atoms. The lowest BCUT2D eigenvalue weighted by atomic mass is 10.0. The molecule has 6 nitrogen and oxygen atoms in total. The van der Waals surface area contributed by atoms with Crippen LogP contribution in [0, 0.1) is 13.8 Å². The monoisotopic (exact) mass is 410 g/mol. The summed E-state index contributed by atoms with van der Waals surface area (Å²) >= 11 is 0. The molecule has 162 valence electrons. The first-order valence-electron chi connectivity index (χ1n) is 10.9. The van der Waals surface area contributed by atoms with Crippen LogP contribution in [0.25, 0.3) is 0 Å². The summed E-state index contributed by atoms with van der Waals surface area (Å²) in [7, 11) is 1.56. The molecule has 3 rings (SSSR count). The van der Waals surface area contributed by atoms with Gasteiger partial charge in [-0.3, -0.25) is 4.79 Å². The van der Waals surface area contributed by atoms with E-state index in [1.165, 1.54) is 16.7 Å². The summed E-state index contributed by atoms with van der Waals surface area (Å²) in [6, 6.07) is 8.62. The molecule has 1 aromatic carbocycles. The summed E-state index contributed by atoms with van der Waals surface area (Å²) in [5.41, 5.74) is 4.77. The zero-order valence-electron chi connectivity index (χ0n) is 18.9. The van der Waals surface area contributed by atoms with Crippen molar-refractivity contribution in [1.29, 1.82) is 0 Å². The fourth-order valence-electron chi connectivity index (χ4n) is 3.88. The van der Waals surface area contributed by atoms with Crippen molar-refractivity contribution in [2.75, 3.05) is 44.8 Å². The van der Waals surface area contributed by atoms with Gasteiger partial charge in [0.15, 0.2) is 0 Å². The van der Waals surface area contributed by atoms with Gasteiger partial charge in [-0.05, 0) is 25.8 Å². The second-order valence-electron chi connectivity index (χ2n) is 8.25. The molecule has 1 aromatic heterocycles. The van der Waals surface area contributed by atoms with Crippen molar-refractivity contribution in [3.63, 3.8) is 0 Å². The molecule has 0 unspecified atom stereocenters. The van der Waals surface area contributed by atoms with Gasteiger partial charge in [0, 0.05) is 56.9 Å². The van der Waals surface area contributed by atoms with Crippen LogP contribution in [-0.2, 0) is 16.0 Å². The van der Waals surface area contributed by atoms with Crippen LogP contribution in [0.4, 0.5) is 5.82 Å². The molecule has 0 N–H and O–H groups in total. The Morgan fingerprint density at radius 1 is 1.17 bits per heavy atom. The smallest absolute Gasteiger partial charge is 0.248 e. The second kappa shape index (κ2) is 10.0. The Kier molecular flexibility index (Phi) is 7.43. The van der Waals surface area contributed by atoms with Crippen molar-refractivity contribution in [2.45, 2.75) is 46.5 Å². The van der Waals surface area contributed by atoms with E-state index in [2.05, 4.69) is 56.9 Å². The maximum absolute atomic E-state index is 12.2. The summed E-state index contributed by atoms with van der Waals surface area (Å²) < 4.78 is 5.01. The van der Waals surface area contributed by atoms with Crippen LogP contribution in [0.5, 0.6) is 0 Å². The van der Waals surface area contributed by atoms with E-state index in [0.29, 0.717) is 19.0 Å². The average Bonchev–Trinajstić information content (AvgIpc) is 2.74. The Bertz CT molecular complexity index is 876. The molecule has 0 aliphatic carbocycles. The van der Waals surface area contributed by atoms with Gasteiger partial charge < -0.3 is 14.5 Å². The first-order valence-corrected chi connectivity index (χ1v) is 10.9. The highest BCUT2D eigenvalue weighted by molar-refractivity contribution is 5.77. The summed E-state index contributed by atoms with van der Waals surface area (Å²) in [6.45, 7) is 11.6. The Morgan fingerprint density at radius 3 is 2.53 bits per heavy atom. The predicted octanol–water partition coefficient (Wildman–Crippen LogP) is 3.49. The lowest BCUT2D eigenvalue weighted by Gasteiger charge is -2.36. The number of aryl methyl sites for hydroxylation is 2. The number of carbonyl (C=O) groups is 1. The van der Waals surface area contributed by atoms with Crippen LogP contribution in [0.15, 0.2) is 24.3 Å². The first-order chi connectivity index (χ1) is 14.4. The normalized spacial score (nSPS) is 15.4. The molecule has 2 aromatic rings. The zero-order chi connectivity index (χ0) is 21.7. The predicted molar refractivity (Wildman–Crippen MR) is 120 cm³/mol. The summed E-state index contributed by atoms with van der Waals surface area (Å²) in [5.74, 6) is 2.31. The third-order valence-corrected chi connectivity index (χ3v) is 5.93. The number of amides is 1. The number of benzene rings is 1. The van der Waals surface area contributed by atoms with Crippen LogP contribution in [0.2, 0.25) is 0 Å². The molecule has 1 aliphatic rings. The lowest BCUT2D eigenvalue weighted by Crippen LogP contribution is -2.50. The van der Waals surface area contributed by atoms with Gasteiger partial charge in [0.1, 0.15) is 18.2 Å². The maximum Gasteiger partial charge on any atom is 0.248 e. The van der Waals surface area contributed by atoms with Crippen LogP contribution < -0.4 is 4.90 Å². The molecule has 0 bridgehead atoms. The van der Waals surface area contributed by atoms with Crippen molar-refractivity contribution in [2.24, 2.45) is 0 Å². The summed E-state index contributed by atoms with van der Waals surface area (Å²) in [4.78, 5) is 26.3. The van der Waals surface area contributed by atoms with Crippen LogP contribution >= 0.6 is 0 Å². The SMILES string of the molecule is CC[C@@H](C)c1nc(C)c(Cc2cccc(C)c2)c(N2CCN(C(=O)COC)CC2)n1. The number of piperazine rings is 1. The fourth-order valence-corrected chi connectivity index (χ4v) is 3.88. The molecule has 1 aliphatic heterocycles. The molecule has 0 radical (unpaired) electrons. The van der Waals surface area contributed by atoms with Gasteiger partial charge in [0.25, 0.3) is 0 Å². The van der Waals surface area contributed by atoms with Gasteiger partial charge in [-0.25, -0.2) is 9.97 Å². The zero-order valence-corrected chi connectivity index (χ0v) is 18.9. The quantitative estimate of drug-likeness (QED) is 0.699. The van der Waals surface area contributed by atoms with Gasteiger partial charge in [0.2, 0.25) is 5.91 Å². The molecular formula is C24H34N4O2. The topological polar surface area (TPSA) is 58.6 Å². The molecule has 0 saturated carbocycles. The Morgan fingerprint density at radius 2 is 1.90 bits per heavy atom. The molecule has 2 heterocycles. The van der Waals surface area contributed by atoms with Crippen LogP contribution in [-0.4, -0.2) is 60.7 Å². The Labute approximate surface area is 180 Å². The number of hydrogen-bond donors (Lipinski definition) is 0. The van der Waals surface area contributed by atoms with Crippen molar-refractivity contribution < 1.29 is 9.53 Å². The lowest BCUT2D eigenvalue weighted by molar-refractivity contribution is -0.135. The number of nitrogens with zero attached hydrogens (tertiary/aromatic N) is 4. The largest absolute Gasteiger partial charge is 0.375 e. The highest BCUT2D eigenvalue weighted by atomic mass is 16.5. The number of rotatable bonds is 7. The number of carbonyl (C=O) groups excluding carboxylic acids is 1. The highest BCUT2D eigenvalue weighted by Gasteiger charge is 2.25. The van der Waals surface area contributed by atoms with E-state index in [9.17, 15) is 4.79 Å². The Hall–Kier alpha value is -2.47. The molecule has 1 atom stereocenters. The van der Waals surface area contributed by atoms with E-state index in [1.807, 2.05) is 4.90 Å². The summed E-state index contributed by atoms with van der Waals surface area (Å²) in [5, 5.41) is 0. The van der Waals surface area contributed by atoms with E-state index in [4.69, 9.17) is 14.7 Å². The minimum absolute atomic E-state index is 0.0521. The highest BCUT2D eigenvalue weighted by Crippen LogP contribution is 2.28. The molecule has 0 spiro atoms. The maximum atomic E-state index is 12.2. The number of methoxy groups -OCH3 is 1.